The molecular formula is C12H11ClN2OS. The predicted octanol–water partition coefficient (Wildman–Crippen LogP) is 3.11. The first-order valence-corrected chi connectivity index (χ1v) is 6.25. The van der Waals surface area contributed by atoms with Crippen molar-refractivity contribution in [2.45, 2.75) is 6.54 Å². The second-order valence-electron chi connectivity index (χ2n) is 3.42. The zero-order valence-corrected chi connectivity index (χ0v) is 10.5. The van der Waals surface area contributed by atoms with Gasteiger partial charge in [-0.05, 0) is 23.8 Å². The first kappa shape index (κ1) is 12.1. The van der Waals surface area contributed by atoms with E-state index < -0.39 is 0 Å². The van der Waals surface area contributed by atoms with Crippen LogP contribution in [0.1, 0.15) is 15.2 Å². The maximum Gasteiger partial charge on any atom is 0.265 e. The van der Waals surface area contributed by atoms with Crippen LogP contribution in [0.2, 0.25) is 4.34 Å². The first-order chi connectivity index (χ1) is 8.20. The van der Waals surface area contributed by atoms with E-state index in [9.17, 15) is 4.79 Å². The number of carbonyl (C=O) groups excluding carboxylic acids is 1. The summed E-state index contributed by atoms with van der Waals surface area (Å²) in [7, 11) is 0. The number of carbonyl (C=O) groups is 1. The van der Waals surface area contributed by atoms with Gasteiger partial charge >= 0.3 is 0 Å². The molecule has 5 heteroatoms. The zero-order chi connectivity index (χ0) is 12.3. The summed E-state index contributed by atoms with van der Waals surface area (Å²) >= 11 is 7.04. The molecule has 0 radical (unpaired) electrons. The lowest BCUT2D eigenvalue weighted by Gasteiger charge is -2.08. The molecule has 2 aromatic rings. The second kappa shape index (κ2) is 5.31. The Morgan fingerprint density at radius 3 is 2.71 bits per heavy atom. The summed E-state index contributed by atoms with van der Waals surface area (Å²) in [5, 5.41) is 2.82. The van der Waals surface area contributed by atoms with Gasteiger partial charge in [-0.25, -0.2) is 0 Å². The molecule has 0 atom stereocenters. The number of amides is 1. The van der Waals surface area contributed by atoms with Gasteiger partial charge in [0.05, 0.1) is 9.21 Å². The van der Waals surface area contributed by atoms with E-state index in [4.69, 9.17) is 17.3 Å². The zero-order valence-electron chi connectivity index (χ0n) is 8.94. The molecule has 1 amide bonds. The highest BCUT2D eigenvalue weighted by molar-refractivity contribution is 7.18. The van der Waals surface area contributed by atoms with Crippen molar-refractivity contribution in [3.63, 3.8) is 0 Å². The fourth-order valence-electron chi connectivity index (χ4n) is 1.44. The minimum atomic E-state index is -0.164. The van der Waals surface area contributed by atoms with Crippen LogP contribution in [-0.2, 0) is 6.54 Å². The van der Waals surface area contributed by atoms with Crippen molar-refractivity contribution < 1.29 is 4.79 Å². The van der Waals surface area contributed by atoms with Gasteiger partial charge < -0.3 is 11.1 Å². The fourth-order valence-corrected chi connectivity index (χ4v) is 2.38. The van der Waals surface area contributed by atoms with Crippen molar-refractivity contribution in [2.24, 2.45) is 5.73 Å². The van der Waals surface area contributed by atoms with Gasteiger partial charge in [-0.2, -0.15) is 0 Å². The van der Waals surface area contributed by atoms with Crippen LogP contribution in [0.15, 0.2) is 36.4 Å². The Hall–Kier alpha value is -1.36. The van der Waals surface area contributed by atoms with E-state index in [2.05, 4.69) is 5.32 Å². The Morgan fingerprint density at radius 2 is 2.06 bits per heavy atom. The third kappa shape index (κ3) is 2.85. The number of benzene rings is 1. The number of hydrogen-bond donors (Lipinski definition) is 2. The third-order valence-electron chi connectivity index (χ3n) is 2.28. The molecule has 0 aliphatic carbocycles. The molecule has 0 bridgehead atoms. The van der Waals surface area contributed by atoms with Crippen molar-refractivity contribution >= 4 is 34.5 Å². The smallest absolute Gasteiger partial charge is 0.265 e. The minimum Gasteiger partial charge on any atom is -0.326 e. The Balaban J connectivity index is 2.18. The van der Waals surface area contributed by atoms with Crippen molar-refractivity contribution in [3.8, 4) is 0 Å². The van der Waals surface area contributed by atoms with E-state index in [0.717, 1.165) is 11.3 Å². The molecular weight excluding hydrogens is 256 g/mol. The molecule has 0 aliphatic heterocycles. The Bertz CT molecular complexity index is 539. The molecule has 0 spiro atoms. The van der Waals surface area contributed by atoms with E-state index in [1.54, 1.807) is 12.1 Å². The summed E-state index contributed by atoms with van der Waals surface area (Å²) in [6.07, 6.45) is 0. The van der Waals surface area contributed by atoms with Crippen LogP contribution in [-0.4, -0.2) is 5.91 Å². The minimum absolute atomic E-state index is 0.164. The molecule has 3 nitrogen and oxygen atoms in total. The predicted molar refractivity (Wildman–Crippen MR) is 71.6 cm³/mol. The van der Waals surface area contributed by atoms with E-state index >= 15 is 0 Å². The molecule has 2 rings (SSSR count). The summed E-state index contributed by atoms with van der Waals surface area (Å²) in [6.45, 7) is 0.391. The normalized spacial score (nSPS) is 10.2. The van der Waals surface area contributed by atoms with Crippen molar-refractivity contribution in [3.05, 3.63) is 51.2 Å². The number of nitrogens with two attached hydrogens (primary N) is 1. The molecule has 88 valence electrons. The first-order valence-electron chi connectivity index (χ1n) is 5.05. The van der Waals surface area contributed by atoms with Gasteiger partial charge in [0.15, 0.2) is 0 Å². The highest BCUT2D eigenvalue weighted by Gasteiger charge is 2.10. The molecule has 0 fully saturated rings. The number of para-hydroxylation sites is 1. The molecule has 0 saturated carbocycles. The van der Waals surface area contributed by atoms with Gasteiger partial charge in [-0.1, -0.05) is 29.8 Å². The van der Waals surface area contributed by atoms with Gasteiger partial charge in [0.2, 0.25) is 0 Å². The average Bonchev–Trinajstić information content (AvgIpc) is 2.77. The van der Waals surface area contributed by atoms with Crippen LogP contribution in [0.25, 0.3) is 0 Å². The molecule has 1 heterocycles. The molecule has 0 saturated heterocycles. The Morgan fingerprint density at radius 1 is 1.29 bits per heavy atom. The number of thiophene rings is 1. The van der Waals surface area contributed by atoms with Crippen LogP contribution in [0, 0.1) is 0 Å². The lowest BCUT2D eigenvalue weighted by atomic mass is 10.2. The molecule has 1 aromatic carbocycles. The van der Waals surface area contributed by atoms with E-state index in [1.165, 1.54) is 11.3 Å². The van der Waals surface area contributed by atoms with Crippen LogP contribution in [0.3, 0.4) is 0 Å². The van der Waals surface area contributed by atoms with Crippen molar-refractivity contribution in [1.82, 2.24) is 0 Å². The molecule has 3 N–H and O–H groups in total. The highest BCUT2D eigenvalue weighted by Crippen LogP contribution is 2.23. The van der Waals surface area contributed by atoms with Crippen LogP contribution < -0.4 is 11.1 Å². The number of nitrogens with one attached hydrogen (secondary N) is 1. The quantitative estimate of drug-likeness (QED) is 0.897. The standard InChI is InChI=1S/C12H11ClN2OS/c13-11-6-5-10(17-11)12(16)15-9-4-2-1-3-8(9)7-14/h1-6H,7,14H2,(H,15,16). The largest absolute Gasteiger partial charge is 0.326 e. The van der Waals surface area contributed by atoms with Crippen molar-refractivity contribution in [2.75, 3.05) is 5.32 Å². The maximum absolute atomic E-state index is 11.9. The van der Waals surface area contributed by atoms with Crippen LogP contribution >= 0.6 is 22.9 Å². The van der Waals surface area contributed by atoms with E-state index in [-0.39, 0.29) is 5.91 Å². The van der Waals surface area contributed by atoms with Crippen LogP contribution in [0.5, 0.6) is 0 Å². The number of halogens is 1. The molecule has 0 unspecified atom stereocenters. The SMILES string of the molecule is NCc1ccccc1NC(=O)c1ccc(Cl)s1. The summed E-state index contributed by atoms with van der Waals surface area (Å²) in [5.41, 5.74) is 7.25. The van der Waals surface area contributed by atoms with E-state index in [0.29, 0.717) is 15.8 Å². The van der Waals surface area contributed by atoms with Gasteiger partial charge in [0.1, 0.15) is 0 Å². The second-order valence-corrected chi connectivity index (χ2v) is 5.13. The summed E-state index contributed by atoms with van der Waals surface area (Å²) < 4.78 is 0.599. The highest BCUT2D eigenvalue weighted by atomic mass is 35.5. The summed E-state index contributed by atoms with van der Waals surface area (Å²) in [5.74, 6) is -0.164. The summed E-state index contributed by atoms with van der Waals surface area (Å²) in [4.78, 5) is 12.5. The maximum atomic E-state index is 11.9. The third-order valence-corrected chi connectivity index (χ3v) is 3.51. The molecule has 17 heavy (non-hydrogen) atoms. The lowest BCUT2D eigenvalue weighted by molar-refractivity contribution is 0.103. The van der Waals surface area contributed by atoms with Gasteiger partial charge in [-0.3, -0.25) is 4.79 Å². The van der Waals surface area contributed by atoms with Crippen LogP contribution in [0.4, 0.5) is 5.69 Å². The average molecular weight is 267 g/mol. The monoisotopic (exact) mass is 266 g/mol. The lowest BCUT2D eigenvalue weighted by Crippen LogP contribution is -2.12. The van der Waals surface area contributed by atoms with E-state index in [1.807, 2.05) is 24.3 Å². The van der Waals surface area contributed by atoms with Gasteiger partial charge in [0.25, 0.3) is 5.91 Å². The number of rotatable bonds is 3. The molecule has 0 aliphatic rings. The van der Waals surface area contributed by atoms with Gasteiger partial charge in [-0.15, -0.1) is 11.3 Å². The van der Waals surface area contributed by atoms with Crippen molar-refractivity contribution in [1.29, 1.82) is 0 Å². The Kier molecular flexibility index (Phi) is 3.78. The van der Waals surface area contributed by atoms with Gasteiger partial charge in [0, 0.05) is 12.2 Å². The molecule has 1 aromatic heterocycles. The topological polar surface area (TPSA) is 55.1 Å². The number of hydrogen-bond acceptors (Lipinski definition) is 3. The Labute approximate surface area is 108 Å². The fraction of sp³-hybridized carbons (Fsp3) is 0.0833. The summed E-state index contributed by atoms with van der Waals surface area (Å²) in [6, 6.07) is 10.9. The number of anilines is 1.